The molecule has 0 saturated heterocycles. The van der Waals surface area contributed by atoms with E-state index in [9.17, 15) is 13.2 Å². The number of alkyl halides is 3. The summed E-state index contributed by atoms with van der Waals surface area (Å²) < 4.78 is 33.9. The molecule has 0 aliphatic heterocycles. The van der Waals surface area contributed by atoms with E-state index in [1.807, 2.05) is 41.9 Å². The van der Waals surface area contributed by atoms with Crippen molar-refractivity contribution in [2.75, 3.05) is 0 Å². The zero-order valence-electron chi connectivity index (χ0n) is 19.8. The highest BCUT2D eigenvalue weighted by molar-refractivity contribution is 7.09. The summed E-state index contributed by atoms with van der Waals surface area (Å²) in [5, 5.41) is 11.6. The van der Waals surface area contributed by atoms with E-state index in [1.54, 1.807) is 11.3 Å². The van der Waals surface area contributed by atoms with Gasteiger partial charge >= 0.3 is 12.1 Å². The van der Waals surface area contributed by atoms with Crippen molar-refractivity contribution >= 4 is 51.5 Å². The highest BCUT2D eigenvalue weighted by atomic mass is 35.5. The van der Waals surface area contributed by atoms with Gasteiger partial charge in [-0.1, -0.05) is 54.4 Å². The van der Waals surface area contributed by atoms with Crippen LogP contribution in [0.4, 0.5) is 13.2 Å². The first-order chi connectivity index (χ1) is 18.1. The minimum Gasteiger partial charge on any atom is -0.475 e. The van der Waals surface area contributed by atoms with Crippen LogP contribution in [0.3, 0.4) is 0 Å². The molecule has 0 saturated carbocycles. The first-order valence-corrected chi connectivity index (χ1v) is 12.9. The van der Waals surface area contributed by atoms with E-state index in [0.29, 0.717) is 5.02 Å². The molecular formula is C27H20Cl2F3N3O2S. The first kappa shape index (κ1) is 27.6. The predicted molar refractivity (Wildman–Crippen MR) is 144 cm³/mol. The first-order valence-electron chi connectivity index (χ1n) is 11.3. The summed E-state index contributed by atoms with van der Waals surface area (Å²) in [6, 6.07) is 22.4. The van der Waals surface area contributed by atoms with E-state index in [0.717, 1.165) is 50.1 Å². The van der Waals surface area contributed by atoms with Gasteiger partial charge in [-0.2, -0.15) is 13.2 Å². The topological polar surface area (TPSA) is 68.0 Å². The molecule has 196 valence electrons. The Morgan fingerprint density at radius 2 is 1.71 bits per heavy atom. The quantitative estimate of drug-likeness (QED) is 0.229. The summed E-state index contributed by atoms with van der Waals surface area (Å²) in [6.45, 7) is 2.12. The number of carbonyl (C=O) groups is 1. The van der Waals surface area contributed by atoms with Crippen molar-refractivity contribution < 1.29 is 23.1 Å². The Morgan fingerprint density at radius 1 is 1.03 bits per heavy atom. The molecule has 0 aliphatic carbocycles. The summed E-state index contributed by atoms with van der Waals surface area (Å²) >= 11 is 14.1. The number of benzene rings is 3. The lowest BCUT2D eigenvalue weighted by Crippen LogP contribution is -2.21. The molecule has 0 aliphatic rings. The molecule has 11 heteroatoms. The summed E-state index contributed by atoms with van der Waals surface area (Å²) in [5.41, 5.74) is 5.36. The second kappa shape index (κ2) is 11.6. The summed E-state index contributed by atoms with van der Waals surface area (Å²) in [4.78, 5) is 18.4. The maximum absolute atomic E-state index is 10.6. The number of halogens is 5. The largest absolute Gasteiger partial charge is 0.490 e. The fraction of sp³-hybridized carbons (Fsp3) is 0.148. The van der Waals surface area contributed by atoms with E-state index in [2.05, 4.69) is 52.9 Å². The molecule has 2 heterocycles. The number of imidazole rings is 1. The van der Waals surface area contributed by atoms with Gasteiger partial charge in [-0.25, -0.2) is 14.8 Å². The lowest BCUT2D eigenvalue weighted by Gasteiger charge is -2.17. The SMILES string of the molecule is CCc1nc2ccc(C(c3ccc(Cl)cc3)c3nccs3)cc2n1-c1cccc(Cl)c1.O=C(O)C(F)(F)F. The Labute approximate surface area is 230 Å². The van der Waals surface area contributed by atoms with Gasteiger partial charge in [0.1, 0.15) is 10.8 Å². The maximum Gasteiger partial charge on any atom is 0.490 e. The Kier molecular flexibility index (Phi) is 8.40. The molecule has 2 aromatic heterocycles. The Balaban J connectivity index is 0.000000426. The number of hydrogen-bond donors (Lipinski definition) is 1. The summed E-state index contributed by atoms with van der Waals surface area (Å²) in [5.74, 6) is -1.73. The van der Waals surface area contributed by atoms with Crippen LogP contribution in [0.2, 0.25) is 10.0 Å². The molecule has 3 aromatic carbocycles. The van der Waals surface area contributed by atoms with Crippen molar-refractivity contribution in [2.24, 2.45) is 0 Å². The van der Waals surface area contributed by atoms with Crippen LogP contribution in [0, 0.1) is 0 Å². The van der Waals surface area contributed by atoms with Gasteiger partial charge in [0.25, 0.3) is 0 Å². The van der Waals surface area contributed by atoms with Gasteiger partial charge in [-0.3, -0.25) is 4.57 Å². The van der Waals surface area contributed by atoms with E-state index in [-0.39, 0.29) is 5.92 Å². The lowest BCUT2D eigenvalue weighted by atomic mass is 9.91. The fourth-order valence-corrected chi connectivity index (χ4v) is 5.07. The van der Waals surface area contributed by atoms with Gasteiger partial charge in [0.2, 0.25) is 0 Å². The van der Waals surface area contributed by atoms with Crippen LogP contribution in [0.1, 0.15) is 34.8 Å². The van der Waals surface area contributed by atoms with Crippen molar-refractivity contribution in [2.45, 2.75) is 25.4 Å². The molecule has 0 amide bonds. The smallest absolute Gasteiger partial charge is 0.475 e. The Hall–Kier alpha value is -3.40. The zero-order chi connectivity index (χ0) is 27.4. The number of aryl methyl sites for hydroxylation is 1. The number of fused-ring (bicyclic) bond motifs is 1. The molecule has 1 unspecified atom stereocenters. The number of rotatable bonds is 5. The van der Waals surface area contributed by atoms with Crippen LogP contribution in [0.5, 0.6) is 0 Å². The standard InChI is InChI=1S/C25H19Cl2N3S.C2HF3O2/c1-2-23-29-21-11-8-17(14-22(21)30(23)20-5-3-4-19(27)15-20)24(25-28-12-13-31-25)16-6-9-18(26)10-7-16;3-2(4,5)1(6)7/h3-15,24H,2H2,1H3;(H,6,7). The molecule has 38 heavy (non-hydrogen) atoms. The monoisotopic (exact) mass is 577 g/mol. The third kappa shape index (κ3) is 6.18. The van der Waals surface area contributed by atoms with E-state index < -0.39 is 12.1 Å². The maximum atomic E-state index is 10.6. The van der Waals surface area contributed by atoms with Gasteiger partial charge in [0, 0.05) is 33.7 Å². The molecule has 0 spiro atoms. The lowest BCUT2D eigenvalue weighted by molar-refractivity contribution is -0.192. The highest BCUT2D eigenvalue weighted by Crippen LogP contribution is 2.36. The molecule has 1 N–H and O–H groups in total. The van der Waals surface area contributed by atoms with Crippen molar-refractivity contribution in [1.82, 2.24) is 14.5 Å². The predicted octanol–water partition coefficient (Wildman–Crippen LogP) is 8.16. The number of aliphatic carboxylic acids is 1. The molecule has 1 atom stereocenters. The minimum atomic E-state index is -5.08. The van der Waals surface area contributed by atoms with Gasteiger partial charge < -0.3 is 5.11 Å². The van der Waals surface area contributed by atoms with Gasteiger partial charge in [-0.15, -0.1) is 11.3 Å². The number of hydrogen-bond acceptors (Lipinski definition) is 4. The number of carboxylic acid groups (broad SMARTS) is 1. The molecule has 5 rings (SSSR count). The second-order valence-corrected chi connectivity index (χ2v) is 9.90. The second-order valence-electron chi connectivity index (χ2n) is 8.10. The zero-order valence-corrected chi connectivity index (χ0v) is 22.1. The Bertz CT molecular complexity index is 1550. The van der Waals surface area contributed by atoms with Crippen LogP contribution < -0.4 is 0 Å². The van der Waals surface area contributed by atoms with Crippen LogP contribution in [0.25, 0.3) is 16.7 Å². The number of nitrogens with zero attached hydrogens (tertiary/aromatic N) is 3. The number of thiazole rings is 1. The molecule has 5 aromatic rings. The molecular weight excluding hydrogens is 558 g/mol. The average molecular weight is 578 g/mol. The van der Waals surface area contributed by atoms with Gasteiger partial charge in [0.15, 0.2) is 0 Å². The van der Waals surface area contributed by atoms with Crippen LogP contribution in [-0.4, -0.2) is 31.8 Å². The van der Waals surface area contributed by atoms with Crippen LogP contribution >= 0.6 is 34.5 Å². The van der Waals surface area contributed by atoms with Crippen LogP contribution in [-0.2, 0) is 11.2 Å². The number of aromatic nitrogens is 3. The van der Waals surface area contributed by atoms with Crippen molar-refractivity contribution in [3.05, 3.63) is 110 Å². The van der Waals surface area contributed by atoms with Crippen molar-refractivity contribution in [3.8, 4) is 5.69 Å². The van der Waals surface area contributed by atoms with Crippen molar-refractivity contribution in [3.63, 3.8) is 0 Å². The number of carboxylic acids is 1. The molecule has 0 radical (unpaired) electrons. The van der Waals surface area contributed by atoms with Gasteiger partial charge in [-0.05, 0) is 53.6 Å². The molecule has 0 fully saturated rings. The summed E-state index contributed by atoms with van der Waals surface area (Å²) in [7, 11) is 0. The normalized spacial score (nSPS) is 12.2. The fourth-order valence-electron chi connectivity index (χ4n) is 3.97. The van der Waals surface area contributed by atoms with Gasteiger partial charge in [0.05, 0.1) is 17.0 Å². The molecule has 5 nitrogen and oxygen atoms in total. The Morgan fingerprint density at radius 3 is 2.29 bits per heavy atom. The van der Waals surface area contributed by atoms with Crippen LogP contribution in [0.15, 0.2) is 78.3 Å². The van der Waals surface area contributed by atoms with E-state index >= 15 is 0 Å². The van der Waals surface area contributed by atoms with E-state index in [1.165, 1.54) is 0 Å². The minimum absolute atomic E-state index is 0.0226. The highest BCUT2D eigenvalue weighted by Gasteiger charge is 2.38. The summed E-state index contributed by atoms with van der Waals surface area (Å²) in [6.07, 6.45) is -2.41. The third-order valence-electron chi connectivity index (χ3n) is 5.61. The molecule has 0 bridgehead atoms. The average Bonchev–Trinajstić information content (AvgIpc) is 3.53. The third-order valence-corrected chi connectivity index (χ3v) is 6.94. The van der Waals surface area contributed by atoms with E-state index in [4.69, 9.17) is 38.1 Å². The van der Waals surface area contributed by atoms with Crippen molar-refractivity contribution in [1.29, 1.82) is 0 Å².